The maximum Gasteiger partial charge on any atom is 0.313 e. The molecule has 3 rings (SSSR count). The van der Waals surface area contributed by atoms with E-state index in [1.165, 1.54) is 0 Å². The largest absolute Gasteiger partial charge is 0.481 e. The highest BCUT2D eigenvalue weighted by atomic mass is 32.2. The van der Waals surface area contributed by atoms with Gasteiger partial charge >= 0.3 is 5.97 Å². The number of hydrogen-bond acceptors (Lipinski definition) is 4. The molecule has 0 atom stereocenters. The zero-order valence-electron chi connectivity index (χ0n) is 14.1. The molecule has 0 fully saturated rings. The van der Waals surface area contributed by atoms with Crippen molar-refractivity contribution < 1.29 is 9.90 Å². The maximum absolute atomic E-state index is 11.0. The zero-order chi connectivity index (χ0) is 18.5. The Bertz CT molecular complexity index is 977. The van der Waals surface area contributed by atoms with Gasteiger partial charge in [0.15, 0.2) is 0 Å². The molecule has 0 saturated carbocycles. The van der Waals surface area contributed by atoms with Gasteiger partial charge in [0.2, 0.25) is 0 Å². The smallest absolute Gasteiger partial charge is 0.313 e. The van der Waals surface area contributed by atoms with Gasteiger partial charge in [-0.3, -0.25) is 4.79 Å². The fourth-order valence-corrected chi connectivity index (χ4v) is 3.30. The Kier molecular flexibility index (Phi) is 5.35. The Morgan fingerprint density at radius 3 is 2.42 bits per heavy atom. The van der Waals surface area contributed by atoms with Crippen LogP contribution in [0.25, 0.3) is 22.4 Å². The van der Waals surface area contributed by atoms with E-state index in [0.717, 1.165) is 34.0 Å². The number of thioether (sulfide) groups is 1. The number of aliphatic carboxylic acids is 1. The molecule has 128 valence electrons. The lowest BCUT2D eigenvalue weighted by Gasteiger charge is -2.12. The van der Waals surface area contributed by atoms with Crippen molar-refractivity contribution in [3.63, 3.8) is 0 Å². The van der Waals surface area contributed by atoms with Crippen molar-refractivity contribution >= 4 is 17.7 Å². The number of pyridine rings is 1. The molecule has 0 aliphatic rings. The highest BCUT2D eigenvalue weighted by Crippen LogP contribution is 2.34. The Balaban J connectivity index is 2.20. The number of nitrogens with zero attached hydrogens (tertiary/aromatic N) is 2. The molecule has 0 aliphatic carbocycles. The topological polar surface area (TPSA) is 74.0 Å². The summed E-state index contributed by atoms with van der Waals surface area (Å²) in [5, 5.41) is 19.1. The summed E-state index contributed by atoms with van der Waals surface area (Å²) in [6, 6.07) is 21.7. The van der Waals surface area contributed by atoms with Gasteiger partial charge in [-0.1, -0.05) is 71.9 Å². The molecule has 0 aliphatic heterocycles. The number of carboxylic acids is 1. The van der Waals surface area contributed by atoms with E-state index < -0.39 is 5.97 Å². The van der Waals surface area contributed by atoms with Crippen molar-refractivity contribution in [1.29, 1.82) is 5.26 Å². The molecule has 3 aromatic rings. The van der Waals surface area contributed by atoms with Crippen molar-refractivity contribution in [2.45, 2.75) is 11.9 Å². The van der Waals surface area contributed by atoms with Gasteiger partial charge in [0.1, 0.15) is 11.1 Å². The monoisotopic (exact) mass is 360 g/mol. The molecule has 0 radical (unpaired) electrons. The second-order valence-electron chi connectivity index (χ2n) is 5.76. The predicted octanol–water partition coefficient (Wildman–Crippen LogP) is 4.77. The van der Waals surface area contributed by atoms with Crippen LogP contribution >= 0.6 is 11.8 Å². The molecule has 0 bridgehead atoms. The lowest BCUT2D eigenvalue weighted by molar-refractivity contribution is -0.133. The van der Waals surface area contributed by atoms with Gasteiger partial charge in [0.05, 0.1) is 17.0 Å². The van der Waals surface area contributed by atoms with Crippen LogP contribution in [-0.2, 0) is 4.79 Å². The molecular formula is C21H16N2O2S. The second kappa shape index (κ2) is 7.85. The average Bonchev–Trinajstić information content (AvgIpc) is 2.67. The molecule has 0 amide bonds. The Labute approximate surface area is 156 Å². The van der Waals surface area contributed by atoms with Gasteiger partial charge in [0, 0.05) is 11.1 Å². The SMILES string of the molecule is Cc1ccc(-c2cc(-c3ccccc3)nc(SCC(=O)O)c2C#N)cc1. The van der Waals surface area contributed by atoms with Crippen LogP contribution in [-0.4, -0.2) is 21.8 Å². The van der Waals surface area contributed by atoms with Crippen molar-refractivity contribution in [2.24, 2.45) is 0 Å². The lowest BCUT2D eigenvalue weighted by atomic mass is 9.98. The van der Waals surface area contributed by atoms with Gasteiger partial charge in [-0.2, -0.15) is 5.26 Å². The van der Waals surface area contributed by atoms with Crippen molar-refractivity contribution in [3.05, 3.63) is 71.8 Å². The van der Waals surface area contributed by atoms with Crippen LogP contribution < -0.4 is 0 Å². The van der Waals surface area contributed by atoms with Gasteiger partial charge in [-0.05, 0) is 18.6 Å². The van der Waals surface area contributed by atoms with Crippen LogP contribution in [0.5, 0.6) is 0 Å². The normalized spacial score (nSPS) is 10.3. The number of aryl methyl sites for hydroxylation is 1. The van der Waals surface area contributed by atoms with Crippen molar-refractivity contribution in [3.8, 4) is 28.5 Å². The second-order valence-corrected chi connectivity index (χ2v) is 6.73. The van der Waals surface area contributed by atoms with Crippen LogP contribution in [0, 0.1) is 18.3 Å². The third-order valence-electron chi connectivity index (χ3n) is 3.86. The first-order valence-electron chi connectivity index (χ1n) is 8.00. The summed E-state index contributed by atoms with van der Waals surface area (Å²) in [5.41, 5.74) is 4.83. The summed E-state index contributed by atoms with van der Waals surface area (Å²) in [6.07, 6.45) is 0. The van der Waals surface area contributed by atoms with Gasteiger partial charge in [0.25, 0.3) is 0 Å². The summed E-state index contributed by atoms with van der Waals surface area (Å²) in [5.74, 6) is -1.09. The minimum atomic E-state index is -0.942. The Morgan fingerprint density at radius 2 is 1.81 bits per heavy atom. The van der Waals surface area contributed by atoms with E-state index in [0.29, 0.717) is 16.3 Å². The number of carbonyl (C=O) groups is 1. The van der Waals surface area contributed by atoms with E-state index in [1.54, 1.807) is 0 Å². The molecule has 2 aromatic carbocycles. The van der Waals surface area contributed by atoms with E-state index >= 15 is 0 Å². The fraction of sp³-hybridized carbons (Fsp3) is 0.0952. The van der Waals surface area contributed by atoms with E-state index in [2.05, 4.69) is 11.1 Å². The minimum absolute atomic E-state index is 0.146. The average molecular weight is 360 g/mol. The molecule has 1 heterocycles. The number of aromatic nitrogens is 1. The summed E-state index contributed by atoms with van der Waals surface area (Å²) < 4.78 is 0. The number of hydrogen-bond donors (Lipinski definition) is 1. The molecule has 0 spiro atoms. The molecular weight excluding hydrogens is 344 g/mol. The lowest BCUT2D eigenvalue weighted by Crippen LogP contribution is -2.01. The van der Waals surface area contributed by atoms with Crippen LogP contribution in [0.15, 0.2) is 65.7 Å². The third kappa shape index (κ3) is 3.93. The summed E-state index contributed by atoms with van der Waals surface area (Å²) in [7, 11) is 0. The molecule has 0 unspecified atom stereocenters. The minimum Gasteiger partial charge on any atom is -0.481 e. The standard InChI is InChI=1S/C21H16N2O2S/c1-14-7-9-15(10-8-14)17-11-19(16-5-3-2-4-6-16)23-21(18(17)12-22)26-13-20(24)25/h2-11H,13H2,1H3,(H,24,25). The number of carboxylic acid groups (broad SMARTS) is 1. The summed E-state index contributed by atoms with van der Waals surface area (Å²) in [4.78, 5) is 15.6. The number of benzene rings is 2. The third-order valence-corrected chi connectivity index (χ3v) is 4.82. The van der Waals surface area contributed by atoms with E-state index in [1.807, 2.05) is 67.6 Å². The van der Waals surface area contributed by atoms with Gasteiger partial charge in [-0.15, -0.1) is 0 Å². The first kappa shape index (κ1) is 17.7. The molecule has 26 heavy (non-hydrogen) atoms. The van der Waals surface area contributed by atoms with Gasteiger partial charge < -0.3 is 5.11 Å². The van der Waals surface area contributed by atoms with Crippen LogP contribution in [0.3, 0.4) is 0 Å². The quantitative estimate of drug-likeness (QED) is 0.663. The van der Waals surface area contributed by atoms with Gasteiger partial charge in [-0.25, -0.2) is 4.98 Å². The van der Waals surface area contributed by atoms with E-state index in [4.69, 9.17) is 5.11 Å². The van der Waals surface area contributed by atoms with Crippen LogP contribution in [0.1, 0.15) is 11.1 Å². The highest BCUT2D eigenvalue weighted by molar-refractivity contribution is 7.99. The van der Waals surface area contributed by atoms with Crippen LogP contribution in [0.4, 0.5) is 0 Å². The number of rotatable bonds is 5. The fourth-order valence-electron chi connectivity index (χ4n) is 2.58. The Hall–Kier alpha value is -3.10. The molecule has 1 aromatic heterocycles. The van der Waals surface area contributed by atoms with E-state index in [9.17, 15) is 10.1 Å². The Morgan fingerprint density at radius 1 is 1.12 bits per heavy atom. The van der Waals surface area contributed by atoms with Crippen LogP contribution in [0.2, 0.25) is 0 Å². The van der Waals surface area contributed by atoms with Crippen molar-refractivity contribution in [1.82, 2.24) is 4.98 Å². The summed E-state index contributed by atoms with van der Waals surface area (Å²) >= 11 is 1.07. The number of nitriles is 1. The maximum atomic E-state index is 11.0. The molecule has 4 nitrogen and oxygen atoms in total. The first-order chi connectivity index (χ1) is 12.6. The summed E-state index contributed by atoms with van der Waals surface area (Å²) in [6.45, 7) is 2.01. The van der Waals surface area contributed by atoms with E-state index in [-0.39, 0.29) is 5.75 Å². The highest BCUT2D eigenvalue weighted by Gasteiger charge is 2.16. The zero-order valence-corrected chi connectivity index (χ0v) is 15.0. The van der Waals surface area contributed by atoms with Crippen molar-refractivity contribution in [2.75, 3.05) is 5.75 Å². The predicted molar refractivity (Wildman–Crippen MR) is 103 cm³/mol. The first-order valence-corrected chi connectivity index (χ1v) is 8.99. The molecule has 5 heteroatoms. The molecule has 0 saturated heterocycles. The molecule has 1 N–H and O–H groups in total.